The number of aliphatic hydroxyl groups is 4. The number of H-pyrrole nitrogens is 4. The smallest absolute Gasteiger partial charge is 0.191 e. The Hall–Kier alpha value is -15.3. The third kappa shape index (κ3) is 23.2. The standard InChI is InChI=1S/C28H27ClN2O5.2C28H27FN2O5.C27H26ClFN2O4/c2*1-16-9-18(29)3-4-22(16)27(31-19-11-20(34-2)13-21(12-19)35-8-6-32)28(33)24-15-30-25-14-26-17(5-7-36-26)10-23(24)25;1-16-11-17(29)3-4-21(16)27(31-18-12-19(34-2)14-20(13-18)35-10-8-32)28(33)24-15-30-26-22(24)5-6-25-23(26)7-9-36-25;1-15-8-17(28)4-5-21(15)26(31-18-10-19(34-3)12-20(11-18)35-7-6-32)27(33)23-14-30-25-13-24(29)16(2)9-22(23)25/h2*3-4,9-15,27,30-32H,5-8H2,1-2H3;3-6,11-15,27,30-32H,7-10H2,1-2H3;4-5,8-14,26,30-32H,6-7H2,1-3H3. The minimum atomic E-state index is -0.813. The predicted molar refractivity (Wildman–Crippen MR) is 545 cm³/mol. The third-order valence-corrected chi connectivity index (χ3v) is 25.4. The summed E-state index contributed by atoms with van der Waals surface area (Å²) in [6.45, 7) is 10.9. The number of fused-ring (bicyclic) bond motifs is 8. The van der Waals surface area contributed by atoms with Gasteiger partial charge in [0.1, 0.15) is 131 Å². The molecule has 19 rings (SSSR count). The molecule has 0 spiro atoms. The SMILES string of the molecule is COc1cc(NC(C(=O)c2c[nH]c3c4c(ccc23)OCC4)c2ccc(F)cc2C)cc(OCCO)c1.COc1cc(NC(C(=O)c2c[nH]c3cc(F)c(C)cc23)c2ccc(Cl)cc2C)cc(OCCO)c1.COc1cc(NC(C(=O)c2c[nH]c3cc4c(cc23)CCO4)c2ccc(Cl)cc2C)cc(OCCO)c1.COc1cc(NC(C(=O)c2c[nH]c3cc4c(cc23)CCO4)c2ccc(F)cc2C)cc(OCCO)c1. The molecule has 0 saturated carbocycles. The Kier molecular flexibility index (Phi) is 32.0. The van der Waals surface area contributed by atoms with Gasteiger partial charge in [-0.25, -0.2) is 13.2 Å². The molecule has 27 nitrogen and oxygen atoms in total. The molecule has 0 aliphatic carbocycles. The van der Waals surface area contributed by atoms with Crippen molar-refractivity contribution in [3.8, 4) is 63.2 Å². The van der Waals surface area contributed by atoms with E-state index in [0.717, 1.165) is 108 Å². The van der Waals surface area contributed by atoms with Crippen LogP contribution in [-0.2, 0) is 19.3 Å². The molecule has 12 aromatic carbocycles. The maximum absolute atomic E-state index is 14.1. The first-order valence-electron chi connectivity index (χ1n) is 46.3. The lowest BCUT2D eigenvalue weighted by Crippen LogP contribution is -2.22. The van der Waals surface area contributed by atoms with Crippen LogP contribution in [0.5, 0.6) is 63.2 Å². The molecule has 16 aromatic rings. The van der Waals surface area contributed by atoms with Crippen LogP contribution in [0.4, 0.5) is 35.9 Å². The van der Waals surface area contributed by atoms with E-state index in [-0.39, 0.29) is 93.4 Å². The first-order chi connectivity index (χ1) is 69.2. The Balaban J connectivity index is 0.000000137. The highest BCUT2D eigenvalue weighted by molar-refractivity contribution is 6.31. The van der Waals surface area contributed by atoms with Gasteiger partial charge in [-0.2, -0.15) is 0 Å². The average molecular weight is 1990 g/mol. The fraction of sp³-hybridized carbons (Fsp3) is 0.243. The second-order valence-electron chi connectivity index (χ2n) is 34.4. The number of carbonyl (C=O) groups excluding carboxylic acids is 4. The van der Waals surface area contributed by atoms with E-state index in [1.54, 1.807) is 162 Å². The molecule has 0 radical (unpaired) electrons. The number of anilines is 4. The monoisotopic (exact) mass is 1980 g/mol. The number of carbonyl (C=O) groups is 4. The Morgan fingerprint density at radius 1 is 0.343 bits per heavy atom. The molecule has 12 N–H and O–H groups in total. The molecule has 0 saturated heterocycles. The quantitative estimate of drug-likeness (QED) is 0.0162. The van der Waals surface area contributed by atoms with Crippen molar-refractivity contribution >= 4 is 113 Å². The molecule has 4 unspecified atom stereocenters. The summed E-state index contributed by atoms with van der Waals surface area (Å²) in [5.74, 6) is 4.93. The van der Waals surface area contributed by atoms with Gasteiger partial charge in [0, 0.05) is 228 Å². The number of aliphatic hydroxyl groups excluding tert-OH is 4. The van der Waals surface area contributed by atoms with Crippen LogP contribution in [0.1, 0.15) is 132 Å². The van der Waals surface area contributed by atoms with Crippen LogP contribution in [-0.4, -0.2) is 165 Å². The number of hydrogen-bond donors (Lipinski definition) is 12. The summed E-state index contributed by atoms with van der Waals surface area (Å²) in [5, 5.41) is 54.2. The van der Waals surface area contributed by atoms with Crippen LogP contribution in [0.3, 0.4) is 0 Å². The van der Waals surface area contributed by atoms with Crippen molar-refractivity contribution in [2.24, 2.45) is 0 Å². The summed E-state index contributed by atoms with van der Waals surface area (Å²) in [7, 11) is 6.18. The number of Topliss-reactive ketones (excluding diaryl/α,β-unsaturated/α-hetero) is 4. The topological polar surface area (TPSA) is 362 Å². The third-order valence-electron chi connectivity index (χ3n) is 24.9. The maximum Gasteiger partial charge on any atom is 0.191 e. The molecule has 4 aromatic heterocycles. The van der Waals surface area contributed by atoms with Crippen molar-refractivity contribution in [2.75, 3.05) is 122 Å². The van der Waals surface area contributed by atoms with Crippen molar-refractivity contribution in [1.29, 1.82) is 0 Å². The molecule has 7 heterocycles. The highest BCUT2D eigenvalue weighted by atomic mass is 35.5. The summed E-state index contributed by atoms with van der Waals surface area (Å²) in [6.07, 6.45) is 9.18. The van der Waals surface area contributed by atoms with Gasteiger partial charge < -0.3 is 114 Å². The molecule has 143 heavy (non-hydrogen) atoms. The van der Waals surface area contributed by atoms with E-state index in [0.29, 0.717) is 160 Å². The van der Waals surface area contributed by atoms with E-state index in [9.17, 15) is 32.3 Å². The first-order valence-corrected chi connectivity index (χ1v) is 47.0. The lowest BCUT2D eigenvalue weighted by Gasteiger charge is -2.22. The van der Waals surface area contributed by atoms with E-state index in [1.807, 2.05) is 68.4 Å². The van der Waals surface area contributed by atoms with Gasteiger partial charge in [-0.1, -0.05) is 47.5 Å². The average Bonchev–Trinajstić information content (AvgIpc) is 1.63. The largest absolute Gasteiger partial charge is 0.497 e. The van der Waals surface area contributed by atoms with Gasteiger partial charge in [-0.05, 0) is 181 Å². The van der Waals surface area contributed by atoms with Crippen molar-refractivity contribution in [1.82, 2.24) is 19.9 Å². The molecule has 0 fully saturated rings. The highest BCUT2D eigenvalue weighted by Crippen LogP contribution is 2.44. The summed E-state index contributed by atoms with van der Waals surface area (Å²) in [5.41, 5.74) is 17.2. The molecular formula is C111H107Cl2F3N8O19. The van der Waals surface area contributed by atoms with Crippen molar-refractivity contribution < 1.29 is 105 Å². The number of rotatable bonds is 36. The first kappa shape index (κ1) is 101. The van der Waals surface area contributed by atoms with Crippen LogP contribution in [0.2, 0.25) is 10.0 Å². The van der Waals surface area contributed by atoms with Gasteiger partial charge in [0.2, 0.25) is 0 Å². The van der Waals surface area contributed by atoms with E-state index in [2.05, 4.69) is 41.2 Å². The predicted octanol–water partition coefficient (Wildman–Crippen LogP) is 21.4. The van der Waals surface area contributed by atoms with E-state index in [4.69, 9.17) is 95.7 Å². The number of ketones is 4. The van der Waals surface area contributed by atoms with Crippen LogP contribution in [0.15, 0.2) is 219 Å². The van der Waals surface area contributed by atoms with Gasteiger partial charge in [0.25, 0.3) is 0 Å². The number of aromatic nitrogens is 4. The normalized spacial score (nSPS) is 12.9. The van der Waals surface area contributed by atoms with Crippen LogP contribution in [0, 0.1) is 52.1 Å². The molecule has 32 heteroatoms. The lowest BCUT2D eigenvalue weighted by atomic mass is 9.93. The Morgan fingerprint density at radius 2 is 0.657 bits per heavy atom. The molecule has 0 amide bonds. The molecule has 3 aliphatic rings. The number of nitrogens with one attached hydrogen (secondary N) is 8. The second kappa shape index (κ2) is 45.5. The Morgan fingerprint density at radius 3 is 1.01 bits per heavy atom. The van der Waals surface area contributed by atoms with E-state index < -0.39 is 24.2 Å². The van der Waals surface area contributed by atoms with Gasteiger partial charge in [-0.15, -0.1) is 0 Å². The maximum atomic E-state index is 14.1. The van der Waals surface area contributed by atoms with Gasteiger partial charge in [0.05, 0.1) is 80.2 Å². The highest BCUT2D eigenvalue weighted by Gasteiger charge is 2.34. The van der Waals surface area contributed by atoms with Crippen LogP contribution in [0.25, 0.3) is 43.6 Å². The van der Waals surface area contributed by atoms with Gasteiger partial charge in [0.15, 0.2) is 23.1 Å². The second-order valence-corrected chi connectivity index (χ2v) is 35.2. The van der Waals surface area contributed by atoms with E-state index in [1.165, 1.54) is 51.7 Å². The lowest BCUT2D eigenvalue weighted by molar-refractivity contribution is 0.0963. The van der Waals surface area contributed by atoms with Crippen molar-refractivity contribution in [3.63, 3.8) is 0 Å². The van der Waals surface area contributed by atoms with Crippen molar-refractivity contribution in [3.05, 3.63) is 335 Å². The summed E-state index contributed by atoms with van der Waals surface area (Å²) in [4.78, 5) is 68.9. The molecular weight excluding hydrogens is 1880 g/mol. The number of aryl methyl sites for hydroxylation is 5. The fourth-order valence-electron chi connectivity index (χ4n) is 17.9. The zero-order valence-corrected chi connectivity index (χ0v) is 81.3. The number of halogens is 5. The summed E-state index contributed by atoms with van der Waals surface area (Å²) < 4.78 is 103. The minimum absolute atomic E-state index is 0.0915. The Labute approximate surface area is 831 Å². The fourth-order valence-corrected chi connectivity index (χ4v) is 18.4. The van der Waals surface area contributed by atoms with Gasteiger partial charge >= 0.3 is 0 Å². The van der Waals surface area contributed by atoms with Crippen molar-refractivity contribution in [2.45, 2.75) is 78.0 Å². The number of hydrogen-bond acceptors (Lipinski definition) is 23. The zero-order valence-electron chi connectivity index (χ0n) is 79.8. The van der Waals surface area contributed by atoms with Crippen LogP contribution >= 0.6 is 23.2 Å². The number of methoxy groups -OCH3 is 4. The van der Waals surface area contributed by atoms with Crippen LogP contribution < -0.4 is 73.4 Å². The molecule has 4 atom stereocenters. The molecule has 3 aliphatic heterocycles. The number of ether oxygens (including phenoxy) is 11. The zero-order chi connectivity index (χ0) is 101. The Bertz CT molecular complexity index is 7010. The van der Waals surface area contributed by atoms with E-state index >= 15 is 0 Å². The summed E-state index contributed by atoms with van der Waals surface area (Å²) in [6, 6.07) is 52.2. The number of benzene rings is 12. The minimum Gasteiger partial charge on any atom is -0.497 e. The van der Waals surface area contributed by atoms with Gasteiger partial charge in [-0.3, -0.25) is 19.2 Å². The number of aromatic amines is 4. The molecule has 0 bridgehead atoms. The molecule has 740 valence electrons. The summed E-state index contributed by atoms with van der Waals surface area (Å²) >= 11 is 12.4.